The summed E-state index contributed by atoms with van der Waals surface area (Å²) in [5, 5.41) is 12.1. The molecule has 1 N–H and O–H groups in total. The summed E-state index contributed by atoms with van der Waals surface area (Å²) in [7, 11) is 0. The summed E-state index contributed by atoms with van der Waals surface area (Å²) in [6.45, 7) is 15.9. The fourth-order valence-electron chi connectivity index (χ4n) is 10.2. The highest BCUT2D eigenvalue weighted by Crippen LogP contribution is 2.86. The van der Waals surface area contributed by atoms with Gasteiger partial charge in [-0.2, -0.15) is 0 Å². The molecule has 2 spiro atoms. The van der Waals surface area contributed by atoms with Crippen molar-refractivity contribution in [2.24, 2.45) is 33.5 Å². The van der Waals surface area contributed by atoms with Crippen molar-refractivity contribution >= 4 is 24.0 Å². The maximum atomic E-state index is 13.1. The van der Waals surface area contributed by atoms with Gasteiger partial charge >= 0.3 is 17.9 Å². The molecular formula is C33H42O7. The SMILES string of the molecule is C=C1[C@@H](OC(=O)/C=C/c2ccccc2)CC[C@@]2(C)[C@@H](O)[C@H](OC(C)=O)[C@]34[C@H](C)CC[C@@H]([C@@H](OC(C)=O)[C@@]132)C4(C)C. The van der Waals surface area contributed by atoms with E-state index in [0.29, 0.717) is 18.4 Å². The third-order valence-corrected chi connectivity index (χ3v) is 11.3. The molecule has 40 heavy (non-hydrogen) atoms. The topological polar surface area (TPSA) is 99.1 Å². The number of hydrogen-bond donors (Lipinski definition) is 1. The van der Waals surface area contributed by atoms with Crippen LogP contribution in [0.3, 0.4) is 0 Å². The summed E-state index contributed by atoms with van der Waals surface area (Å²) >= 11 is 0. The van der Waals surface area contributed by atoms with Gasteiger partial charge in [-0.1, -0.05) is 64.6 Å². The van der Waals surface area contributed by atoms with E-state index in [1.807, 2.05) is 37.3 Å². The van der Waals surface area contributed by atoms with Crippen molar-refractivity contribution in [3.8, 4) is 0 Å². The summed E-state index contributed by atoms with van der Waals surface area (Å²) in [6, 6.07) is 9.51. The van der Waals surface area contributed by atoms with Crippen molar-refractivity contribution < 1.29 is 33.7 Å². The number of hydrogen-bond acceptors (Lipinski definition) is 7. The number of benzene rings is 1. The standard InChI is InChI=1S/C33H42O7/c1-19-13-15-24-28(38-21(3)34)33-20(2)25(40-26(36)16-14-23-11-9-8-10-12-23)17-18-31(33,7)27(37)29(39-22(4)35)32(19,33)30(24,5)6/h8-12,14,16,19,24-25,27-29,37H,2,13,15,17-18H2,1,3-7H3/b16-14+/t19-,24+,25+,27+,28-,29+,31+,32+,33-/m1/s1. The van der Waals surface area contributed by atoms with Gasteiger partial charge in [-0.3, -0.25) is 9.59 Å². The highest BCUT2D eigenvalue weighted by atomic mass is 16.6. The Morgan fingerprint density at radius 3 is 2.20 bits per heavy atom. The molecule has 0 unspecified atom stereocenters. The maximum Gasteiger partial charge on any atom is 0.331 e. The highest BCUT2D eigenvalue weighted by molar-refractivity contribution is 5.87. The second-order valence-corrected chi connectivity index (χ2v) is 13.1. The van der Waals surface area contributed by atoms with Gasteiger partial charge in [0.2, 0.25) is 0 Å². The van der Waals surface area contributed by atoms with E-state index in [1.165, 1.54) is 19.9 Å². The predicted octanol–water partition coefficient (Wildman–Crippen LogP) is 5.26. The minimum atomic E-state index is -1.01. The van der Waals surface area contributed by atoms with Gasteiger partial charge in [-0.25, -0.2) is 4.79 Å². The second kappa shape index (κ2) is 9.57. The quantitative estimate of drug-likeness (QED) is 0.231. The zero-order valence-corrected chi connectivity index (χ0v) is 24.4. The van der Waals surface area contributed by atoms with Crippen molar-refractivity contribution in [3.05, 3.63) is 54.1 Å². The molecule has 0 radical (unpaired) electrons. The van der Waals surface area contributed by atoms with E-state index >= 15 is 0 Å². The van der Waals surface area contributed by atoms with Crippen LogP contribution >= 0.6 is 0 Å². The first-order valence-electron chi connectivity index (χ1n) is 14.4. The molecule has 4 fully saturated rings. The molecule has 2 bridgehead atoms. The Bertz CT molecular complexity index is 1250. The Hall–Kier alpha value is -2.93. The summed E-state index contributed by atoms with van der Waals surface area (Å²) < 4.78 is 18.4. The number of esters is 3. The molecule has 0 aromatic heterocycles. The molecule has 0 amide bonds. The minimum absolute atomic E-state index is 0.00399. The average molecular weight is 551 g/mol. The van der Waals surface area contributed by atoms with E-state index in [2.05, 4.69) is 27.4 Å². The van der Waals surface area contributed by atoms with Crippen LogP contribution in [0.15, 0.2) is 48.6 Å². The molecule has 0 heterocycles. The van der Waals surface area contributed by atoms with Gasteiger partial charge in [0.25, 0.3) is 0 Å². The monoisotopic (exact) mass is 550 g/mol. The lowest BCUT2D eigenvalue weighted by molar-refractivity contribution is -0.190. The van der Waals surface area contributed by atoms with Crippen LogP contribution in [-0.4, -0.2) is 47.4 Å². The number of aliphatic hydroxyl groups excluding tert-OH is 1. The fraction of sp³-hybridized carbons (Fsp3) is 0.606. The molecule has 7 nitrogen and oxygen atoms in total. The first-order chi connectivity index (χ1) is 18.8. The van der Waals surface area contributed by atoms with Gasteiger partial charge < -0.3 is 19.3 Å². The summed E-state index contributed by atoms with van der Waals surface area (Å²) in [5.41, 5.74) is -1.59. The van der Waals surface area contributed by atoms with Crippen LogP contribution in [0.2, 0.25) is 0 Å². The zero-order chi connectivity index (χ0) is 29.3. The Kier molecular flexibility index (Phi) is 6.84. The van der Waals surface area contributed by atoms with Gasteiger partial charge in [-0.05, 0) is 54.2 Å². The molecule has 9 atom stereocenters. The van der Waals surface area contributed by atoms with Gasteiger partial charge in [0.15, 0.2) is 0 Å². The largest absolute Gasteiger partial charge is 0.461 e. The lowest BCUT2D eigenvalue weighted by Gasteiger charge is -2.61. The number of carbonyl (C=O) groups excluding carboxylic acids is 3. The third kappa shape index (κ3) is 3.49. The van der Waals surface area contributed by atoms with Crippen molar-refractivity contribution in [1.82, 2.24) is 0 Å². The Labute approximate surface area is 237 Å². The number of carbonyl (C=O) groups is 3. The number of rotatable bonds is 5. The summed E-state index contributed by atoms with van der Waals surface area (Å²) in [5.74, 6) is -1.41. The van der Waals surface area contributed by atoms with Gasteiger partial charge in [0.05, 0.1) is 6.10 Å². The molecule has 4 aliphatic carbocycles. The van der Waals surface area contributed by atoms with Gasteiger partial charge in [0, 0.05) is 42.1 Å². The smallest absolute Gasteiger partial charge is 0.331 e. The Balaban J connectivity index is 1.66. The lowest BCUT2D eigenvalue weighted by Crippen LogP contribution is -2.62. The van der Waals surface area contributed by atoms with E-state index in [-0.39, 0.29) is 11.8 Å². The van der Waals surface area contributed by atoms with E-state index in [0.717, 1.165) is 18.4 Å². The number of fused-ring (bicyclic) bond motifs is 1. The van der Waals surface area contributed by atoms with Crippen LogP contribution in [0, 0.1) is 33.5 Å². The molecule has 0 saturated heterocycles. The first kappa shape index (κ1) is 28.6. The Morgan fingerprint density at radius 1 is 0.950 bits per heavy atom. The Morgan fingerprint density at radius 2 is 1.57 bits per heavy atom. The van der Waals surface area contributed by atoms with Crippen molar-refractivity contribution in [3.63, 3.8) is 0 Å². The van der Waals surface area contributed by atoms with Crippen LogP contribution in [-0.2, 0) is 28.6 Å². The molecule has 4 saturated carbocycles. The van der Waals surface area contributed by atoms with Crippen molar-refractivity contribution in [2.75, 3.05) is 0 Å². The molecule has 5 rings (SSSR count). The molecule has 216 valence electrons. The first-order valence-corrected chi connectivity index (χ1v) is 14.4. The molecule has 7 heteroatoms. The normalized spacial score (nSPS) is 41.2. The van der Waals surface area contributed by atoms with Crippen molar-refractivity contribution in [2.45, 2.75) is 91.6 Å². The van der Waals surface area contributed by atoms with Crippen LogP contribution in [0.25, 0.3) is 6.08 Å². The van der Waals surface area contributed by atoms with Crippen LogP contribution in [0.1, 0.15) is 72.8 Å². The van der Waals surface area contributed by atoms with Crippen molar-refractivity contribution in [1.29, 1.82) is 0 Å². The van der Waals surface area contributed by atoms with E-state index in [1.54, 1.807) is 6.08 Å². The highest BCUT2D eigenvalue weighted by Gasteiger charge is 2.90. The van der Waals surface area contributed by atoms with Crippen LogP contribution < -0.4 is 0 Å². The molecular weight excluding hydrogens is 508 g/mol. The number of ether oxygens (including phenoxy) is 3. The van der Waals surface area contributed by atoms with E-state index < -0.39 is 64.0 Å². The molecule has 1 aromatic carbocycles. The van der Waals surface area contributed by atoms with Gasteiger partial charge in [-0.15, -0.1) is 0 Å². The molecule has 4 aliphatic rings. The molecule has 0 aliphatic heterocycles. The minimum Gasteiger partial charge on any atom is -0.461 e. The number of aliphatic hydroxyl groups is 1. The van der Waals surface area contributed by atoms with Crippen LogP contribution in [0.4, 0.5) is 0 Å². The fourth-order valence-corrected chi connectivity index (χ4v) is 10.2. The van der Waals surface area contributed by atoms with Gasteiger partial charge in [0.1, 0.15) is 18.3 Å². The lowest BCUT2D eigenvalue weighted by atomic mass is 9.42. The average Bonchev–Trinajstić information content (AvgIpc) is 3.10. The maximum absolute atomic E-state index is 13.1. The third-order valence-electron chi connectivity index (χ3n) is 11.3. The summed E-state index contributed by atoms with van der Waals surface area (Å²) in [4.78, 5) is 38.3. The van der Waals surface area contributed by atoms with E-state index in [9.17, 15) is 19.5 Å². The predicted molar refractivity (Wildman–Crippen MR) is 149 cm³/mol. The zero-order valence-electron chi connectivity index (χ0n) is 24.4. The molecule has 1 aromatic rings. The summed E-state index contributed by atoms with van der Waals surface area (Å²) in [6.07, 6.45) is 2.61. The second-order valence-electron chi connectivity index (χ2n) is 13.1. The van der Waals surface area contributed by atoms with Crippen LogP contribution in [0.5, 0.6) is 0 Å². The van der Waals surface area contributed by atoms with E-state index in [4.69, 9.17) is 14.2 Å².